The summed E-state index contributed by atoms with van der Waals surface area (Å²) in [6, 6.07) is 8.95. The molecule has 0 radical (unpaired) electrons. The van der Waals surface area contributed by atoms with E-state index in [0.717, 1.165) is 37.3 Å². The Hall–Kier alpha value is -1.52. The summed E-state index contributed by atoms with van der Waals surface area (Å²) in [5.74, 6) is 1.74. The molecule has 1 unspecified atom stereocenters. The van der Waals surface area contributed by atoms with Crippen LogP contribution in [-0.2, 0) is 12.8 Å². The minimum atomic E-state index is 0.347. The van der Waals surface area contributed by atoms with Crippen LogP contribution in [0.1, 0.15) is 24.5 Å². The molecule has 0 fully saturated rings. The molecule has 0 saturated heterocycles. The van der Waals surface area contributed by atoms with Gasteiger partial charge in [0.05, 0.1) is 0 Å². The Labute approximate surface area is 129 Å². The average molecular weight is 303 g/mol. The second-order valence-corrected chi connectivity index (χ2v) is 6.24. The lowest BCUT2D eigenvalue weighted by Crippen LogP contribution is -2.28. The van der Waals surface area contributed by atoms with Crippen molar-refractivity contribution in [2.45, 2.75) is 32.2 Å². The summed E-state index contributed by atoms with van der Waals surface area (Å²) in [6.07, 6.45) is 3.30. The average Bonchev–Trinajstić information content (AvgIpc) is 3.15. The van der Waals surface area contributed by atoms with Gasteiger partial charge in [0, 0.05) is 6.04 Å². The second kappa shape index (κ2) is 6.96. The van der Waals surface area contributed by atoms with E-state index in [4.69, 9.17) is 9.47 Å². The zero-order valence-corrected chi connectivity index (χ0v) is 13.1. The molecule has 0 aliphatic carbocycles. The number of ether oxygens (including phenoxy) is 2. The molecule has 0 amide bonds. The number of aryl methyl sites for hydroxylation is 1. The summed E-state index contributed by atoms with van der Waals surface area (Å²) >= 11 is 1.77. The molecule has 1 N–H and O–H groups in total. The van der Waals surface area contributed by atoms with Crippen molar-refractivity contribution in [3.63, 3.8) is 0 Å². The topological polar surface area (TPSA) is 30.5 Å². The van der Waals surface area contributed by atoms with E-state index in [1.54, 1.807) is 11.3 Å². The molecule has 1 aliphatic rings. The number of hydrogen-bond acceptors (Lipinski definition) is 4. The maximum absolute atomic E-state index is 5.42. The van der Waals surface area contributed by atoms with E-state index in [1.807, 2.05) is 6.07 Å². The van der Waals surface area contributed by atoms with Crippen LogP contribution in [-0.4, -0.2) is 19.4 Å². The Morgan fingerprint density at radius 3 is 2.90 bits per heavy atom. The van der Waals surface area contributed by atoms with Crippen molar-refractivity contribution in [1.29, 1.82) is 0 Å². The van der Waals surface area contributed by atoms with Gasteiger partial charge in [0.25, 0.3) is 0 Å². The van der Waals surface area contributed by atoms with Gasteiger partial charge in [-0.1, -0.05) is 6.07 Å². The third-order valence-corrected chi connectivity index (χ3v) is 4.52. The standard InChI is InChI=1S/C17H21NO2S/c1-13(18-8-6-15-7-9-21-11-15)2-3-14-4-5-16-17(10-14)20-12-19-16/h4-5,7,9-11,13,18H,2-3,6,8,12H2,1H3. The van der Waals surface area contributed by atoms with Gasteiger partial charge in [0.1, 0.15) is 0 Å². The molecule has 0 spiro atoms. The molecule has 2 aromatic rings. The molecule has 1 aromatic carbocycles. The summed E-state index contributed by atoms with van der Waals surface area (Å²) in [5.41, 5.74) is 2.74. The first-order valence-electron chi connectivity index (χ1n) is 7.44. The maximum Gasteiger partial charge on any atom is 0.231 e. The van der Waals surface area contributed by atoms with Gasteiger partial charge in [0.2, 0.25) is 6.79 Å². The molecule has 3 rings (SSSR count). The molecule has 0 bridgehead atoms. The van der Waals surface area contributed by atoms with E-state index in [-0.39, 0.29) is 0 Å². The van der Waals surface area contributed by atoms with E-state index in [0.29, 0.717) is 12.8 Å². The number of nitrogens with one attached hydrogen (secondary N) is 1. The van der Waals surface area contributed by atoms with Gasteiger partial charge in [-0.15, -0.1) is 0 Å². The number of rotatable bonds is 7. The zero-order chi connectivity index (χ0) is 14.5. The monoisotopic (exact) mass is 303 g/mol. The van der Waals surface area contributed by atoms with Gasteiger partial charge in [-0.25, -0.2) is 0 Å². The number of thiophene rings is 1. The van der Waals surface area contributed by atoms with Crippen LogP contribution in [0.3, 0.4) is 0 Å². The third kappa shape index (κ3) is 3.99. The highest BCUT2D eigenvalue weighted by molar-refractivity contribution is 7.07. The Bertz CT molecular complexity index is 568. The van der Waals surface area contributed by atoms with Crippen molar-refractivity contribution in [2.24, 2.45) is 0 Å². The fourth-order valence-electron chi connectivity index (χ4n) is 2.48. The van der Waals surface area contributed by atoms with Gasteiger partial charge in [-0.05, 0) is 72.8 Å². The summed E-state index contributed by atoms with van der Waals surface area (Å²) in [7, 11) is 0. The van der Waals surface area contributed by atoms with Crippen LogP contribution >= 0.6 is 11.3 Å². The molecule has 21 heavy (non-hydrogen) atoms. The summed E-state index contributed by atoms with van der Waals surface area (Å²) in [6.45, 7) is 3.64. The van der Waals surface area contributed by atoms with Gasteiger partial charge in [-0.2, -0.15) is 11.3 Å². The van der Waals surface area contributed by atoms with Gasteiger partial charge < -0.3 is 14.8 Å². The number of benzene rings is 1. The van der Waals surface area contributed by atoms with E-state index in [9.17, 15) is 0 Å². The zero-order valence-electron chi connectivity index (χ0n) is 12.3. The van der Waals surface area contributed by atoms with Gasteiger partial charge >= 0.3 is 0 Å². The summed E-state index contributed by atoms with van der Waals surface area (Å²) in [4.78, 5) is 0. The van der Waals surface area contributed by atoms with Crippen molar-refractivity contribution >= 4 is 11.3 Å². The quantitative estimate of drug-likeness (QED) is 0.847. The minimum Gasteiger partial charge on any atom is -0.454 e. The van der Waals surface area contributed by atoms with Crippen molar-refractivity contribution in [1.82, 2.24) is 5.32 Å². The molecule has 1 atom stereocenters. The molecule has 112 valence electrons. The highest BCUT2D eigenvalue weighted by Crippen LogP contribution is 2.32. The van der Waals surface area contributed by atoms with Crippen LogP contribution in [0.2, 0.25) is 0 Å². The first kappa shape index (κ1) is 14.4. The first-order valence-corrected chi connectivity index (χ1v) is 8.38. The van der Waals surface area contributed by atoms with E-state index in [1.165, 1.54) is 11.1 Å². The highest BCUT2D eigenvalue weighted by Gasteiger charge is 2.13. The van der Waals surface area contributed by atoms with E-state index >= 15 is 0 Å². The van der Waals surface area contributed by atoms with Crippen molar-refractivity contribution < 1.29 is 9.47 Å². The Kier molecular flexibility index (Phi) is 4.78. The van der Waals surface area contributed by atoms with Crippen LogP contribution in [0.15, 0.2) is 35.0 Å². The number of hydrogen-bond donors (Lipinski definition) is 1. The molecular weight excluding hydrogens is 282 g/mol. The Balaban J connectivity index is 1.40. The van der Waals surface area contributed by atoms with Crippen molar-refractivity contribution in [3.05, 3.63) is 46.2 Å². The lowest BCUT2D eigenvalue weighted by molar-refractivity contribution is 0.174. The summed E-state index contributed by atoms with van der Waals surface area (Å²) < 4.78 is 10.7. The first-order chi connectivity index (χ1) is 10.3. The Morgan fingerprint density at radius 1 is 1.14 bits per heavy atom. The molecule has 0 saturated carbocycles. The van der Waals surface area contributed by atoms with Crippen LogP contribution in [0, 0.1) is 0 Å². The molecule has 2 heterocycles. The van der Waals surface area contributed by atoms with Crippen LogP contribution in [0.25, 0.3) is 0 Å². The third-order valence-electron chi connectivity index (χ3n) is 3.79. The van der Waals surface area contributed by atoms with Crippen molar-refractivity contribution in [2.75, 3.05) is 13.3 Å². The molecule has 3 nitrogen and oxygen atoms in total. The van der Waals surface area contributed by atoms with Crippen LogP contribution < -0.4 is 14.8 Å². The second-order valence-electron chi connectivity index (χ2n) is 5.46. The van der Waals surface area contributed by atoms with Gasteiger partial charge in [-0.3, -0.25) is 0 Å². The molecule has 1 aromatic heterocycles. The summed E-state index contributed by atoms with van der Waals surface area (Å²) in [5, 5.41) is 7.95. The normalized spacial score (nSPS) is 14.3. The van der Waals surface area contributed by atoms with Crippen molar-refractivity contribution in [3.8, 4) is 11.5 Å². The molecular formula is C17H21NO2S. The molecule has 1 aliphatic heterocycles. The predicted octanol–water partition coefficient (Wildman–Crippen LogP) is 3.63. The smallest absolute Gasteiger partial charge is 0.231 e. The lowest BCUT2D eigenvalue weighted by Gasteiger charge is -2.13. The molecule has 4 heteroatoms. The fourth-order valence-corrected chi connectivity index (χ4v) is 3.18. The maximum atomic E-state index is 5.42. The number of fused-ring (bicyclic) bond motifs is 1. The lowest BCUT2D eigenvalue weighted by atomic mass is 10.1. The SMILES string of the molecule is CC(CCc1ccc2c(c1)OCO2)NCCc1ccsc1. The van der Waals surface area contributed by atoms with E-state index < -0.39 is 0 Å². The van der Waals surface area contributed by atoms with Crippen LogP contribution in [0.4, 0.5) is 0 Å². The minimum absolute atomic E-state index is 0.347. The highest BCUT2D eigenvalue weighted by atomic mass is 32.1. The Morgan fingerprint density at radius 2 is 2.05 bits per heavy atom. The van der Waals surface area contributed by atoms with Gasteiger partial charge in [0.15, 0.2) is 11.5 Å². The fraction of sp³-hybridized carbons (Fsp3) is 0.412. The van der Waals surface area contributed by atoms with E-state index in [2.05, 4.69) is 41.2 Å². The predicted molar refractivity (Wildman–Crippen MR) is 86.4 cm³/mol. The largest absolute Gasteiger partial charge is 0.454 e. The van der Waals surface area contributed by atoms with Crippen LogP contribution in [0.5, 0.6) is 11.5 Å².